The molecule has 2 atom stereocenters. The number of methoxy groups -OCH3 is 1. The standard InChI is InChI=1S/C7H13NO3/c1-5-4-11-6(3-8-5)7(9)10-2/h5-6,8H,3-4H2,1-2H3/t5?,6-/m0/s1. The molecule has 64 valence electrons. The molecule has 0 aliphatic carbocycles. The summed E-state index contributed by atoms with van der Waals surface area (Å²) >= 11 is 0. The number of hydrogen-bond acceptors (Lipinski definition) is 4. The SMILES string of the molecule is COC(=O)[C@@H]1CNC(C)CO1. The number of morpholine rings is 1. The molecule has 1 N–H and O–H groups in total. The maximum atomic E-state index is 10.9. The molecule has 1 rings (SSSR count). The van der Waals surface area contributed by atoms with Gasteiger partial charge >= 0.3 is 5.97 Å². The Morgan fingerprint density at radius 1 is 1.73 bits per heavy atom. The van der Waals surface area contributed by atoms with Gasteiger partial charge in [0.1, 0.15) is 0 Å². The van der Waals surface area contributed by atoms with E-state index < -0.39 is 6.10 Å². The molecule has 1 unspecified atom stereocenters. The summed E-state index contributed by atoms with van der Waals surface area (Å²) < 4.78 is 9.73. The number of esters is 1. The summed E-state index contributed by atoms with van der Waals surface area (Å²) in [7, 11) is 1.36. The maximum absolute atomic E-state index is 10.9. The summed E-state index contributed by atoms with van der Waals surface area (Å²) in [6.45, 7) is 3.13. The van der Waals surface area contributed by atoms with Crippen LogP contribution in [-0.4, -0.2) is 38.4 Å². The van der Waals surface area contributed by atoms with Crippen LogP contribution in [0.5, 0.6) is 0 Å². The van der Waals surface area contributed by atoms with Gasteiger partial charge in [0.05, 0.1) is 13.7 Å². The van der Waals surface area contributed by atoms with Gasteiger partial charge in [-0.15, -0.1) is 0 Å². The van der Waals surface area contributed by atoms with Crippen molar-refractivity contribution >= 4 is 5.97 Å². The molecular weight excluding hydrogens is 146 g/mol. The lowest BCUT2D eigenvalue weighted by Gasteiger charge is -2.26. The van der Waals surface area contributed by atoms with E-state index in [9.17, 15) is 4.79 Å². The number of carbonyl (C=O) groups excluding carboxylic acids is 1. The Kier molecular flexibility index (Phi) is 2.84. The highest BCUT2D eigenvalue weighted by Gasteiger charge is 2.24. The molecule has 0 aromatic heterocycles. The molecule has 4 heteroatoms. The first-order chi connectivity index (χ1) is 5.24. The average molecular weight is 159 g/mol. The first-order valence-corrected chi connectivity index (χ1v) is 3.67. The molecule has 0 aromatic carbocycles. The van der Waals surface area contributed by atoms with E-state index in [-0.39, 0.29) is 5.97 Å². The summed E-state index contributed by atoms with van der Waals surface area (Å²) in [5.74, 6) is -0.301. The van der Waals surface area contributed by atoms with E-state index in [1.54, 1.807) is 0 Å². The Balaban J connectivity index is 2.33. The highest BCUT2D eigenvalue weighted by Crippen LogP contribution is 2.01. The van der Waals surface area contributed by atoms with E-state index in [1.807, 2.05) is 6.92 Å². The van der Waals surface area contributed by atoms with Crippen LogP contribution in [0.25, 0.3) is 0 Å². The lowest BCUT2D eigenvalue weighted by Crippen LogP contribution is -2.48. The summed E-state index contributed by atoms with van der Waals surface area (Å²) in [5, 5.41) is 3.12. The fraction of sp³-hybridized carbons (Fsp3) is 0.857. The Labute approximate surface area is 65.9 Å². The Hall–Kier alpha value is -0.610. The second kappa shape index (κ2) is 3.69. The molecule has 4 nitrogen and oxygen atoms in total. The summed E-state index contributed by atoms with van der Waals surface area (Å²) in [6, 6.07) is 0.330. The fourth-order valence-corrected chi connectivity index (χ4v) is 0.969. The van der Waals surface area contributed by atoms with Crippen molar-refractivity contribution in [1.29, 1.82) is 0 Å². The van der Waals surface area contributed by atoms with Gasteiger partial charge < -0.3 is 14.8 Å². The molecule has 11 heavy (non-hydrogen) atoms. The van der Waals surface area contributed by atoms with Crippen molar-refractivity contribution in [3.63, 3.8) is 0 Å². The largest absolute Gasteiger partial charge is 0.467 e. The van der Waals surface area contributed by atoms with Crippen molar-refractivity contribution in [3.05, 3.63) is 0 Å². The normalized spacial score (nSPS) is 31.5. The van der Waals surface area contributed by atoms with Crippen LogP contribution < -0.4 is 5.32 Å². The molecule has 0 bridgehead atoms. The van der Waals surface area contributed by atoms with Gasteiger partial charge in [0.15, 0.2) is 6.10 Å². The second-order valence-electron chi connectivity index (χ2n) is 2.65. The van der Waals surface area contributed by atoms with Gasteiger partial charge in [-0.25, -0.2) is 4.79 Å². The zero-order valence-corrected chi connectivity index (χ0v) is 6.79. The van der Waals surface area contributed by atoms with Crippen LogP contribution in [0.3, 0.4) is 0 Å². The number of carbonyl (C=O) groups is 1. The molecule has 1 aliphatic heterocycles. The van der Waals surface area contributed by atoms with Gasteiger partial charge in [-0.05, 0) is 6.92 Å². The van der Waals surface area contributed by atoms with Crippen LogP contribution in [0.2, 0.25) is 0 Å². The van der Waals surface area contributed by atoms with Crippen LogP contribution in [-0.2, 0) is 14.3 Å². The molecule has 0 saturated carbocycles. The maximum Gasteiger partial charge on any atom is 0.336 e. The van der Waals surface area contributed by atoms with Gasteiger partial charge in [0, 0.05) is 12.6 Å². The molecule has 0 spiro atoms. The highest BCUT2D eigenvalue weighted by atomic mass is 16.6. The van der Waals surface area contributed by atoms with E-state index in [4.69, 9.17) is 4.74 Å². The summed E-state index contributed by atoms with van der Waals surface area (Å²) in [6.07, 6.45) is -0.420. The summed E-state index contributed by atoms with van der Waals surface area (Å²) in [4.78, 5) is 10.9. The highest BCUT2D eigenvalue weighted by molar-refractivity contribution is 5.74. The van der Waals surface area contributed by atoms with Gasteiger partial charge in [-0.3, -0.25) is 0 Å². The van der Waals surface area contributed by atoms with E-state index >= 15 is 0 Å². The molecule has 0 radical (unpaired) electrons. The fourth-order valence-electron chi connectivity index (χ4n) is 0.969. The van der Waals surface area contributed by atoms with Gasteiger partial charge in [0.2, 0.25) is 0 Å². The Morgan fingerprint density at radius 3 is 2.91 bits per heavy atom. The van der Waals surface area contributed by atoms with Crippen LogP contribution in [0.1, 0.15) is 6.92 Å². The Bertz CT molecular complexity index is 141. The third-order valence-electron chi connectivity index (χ3n) is 1.66. The van der Waals surface area contributed by atoms with Gasteiger partial charge in [0.25, 0.3) is 0 Å². The van der Waals surface area contributed by atoms with E-state index in [0.717, 1.165) is 0 Å². The monoisotopic (exact) mass is 159 g/mol. The third-order valence-corrected chi connectivity index (χ3v) is 1.66. The molecule has 0 amide bonds. The minimum absolute atomic E-state index is 0.301. The molecule has 1 aliphatic rings. The van der Waals surface area contributed by atoms with Crippen LogP contribution in [0, 0.1) is 0 Å². The average Bonchev–Trinajstić information content (AvgIpc) is 2.05. The van der Waals surface area contributed by atoms with Crippen molar-refractivity contribution in [1.82, 2.24) is 5.32 Å². The minimum atomic E-state index is -0.420. The molecule has 1 heterocycles. The number of rotatable bonds is 1. The minimum Gasteiger partial charge on any atom is -0.467 e. The van der Waals surface area contributed by atoms with Crippen LogP contribution >= 0.6 is 0 Å². The van der Waals surface area contributed by atoms with Crippen molar-refractivity contribution in [3.8, 4) is 0 Å². The van der Waals surface area contributed by atoms with E-state index in [1.165, 1.54) is 7.11 Å². The lowest BCUT2D eigenvalue weighted by molar-refractivity contribution is -0.156. The van der Waals surface area contributed by atoms with Crippen molar-refractivity contribution in [2.75, 3.05) is 20.3 Å². The third kappa shape index (κ3) is 2.17. The van der Waals surface area contributed by atoms with Crippen molar-refractivity contribution in [2.24, 2.45) is 0 Å². The molecule has 1 fully saturated rings. The Morgan fingerprint density at radius 2 is 2.45 bits per heavy atom. The van der Waals surface area contributed by atoms with Crippen molar-refractivity contribution in [2.45, 2.75) is 19.1 Å². The van der Waals surface area contributed by atoms with E-state index in [0.29, 0.717) is 19.2 Å². The van der Waals surface area contributed by atoms with Crippen LogP contribution in [0.15, 0.2) is 0 Å². The second-order valence-corrected chi connectivity index (χ2v) is 2.65. The first kappa shape index (κ1) is 8.49. The van der Waals surface area contributed by atoms with Gasteiger partial charge in [-0.2, -0.15) is 0 Å². The molecular formula is C7H13NO3. The summed E-state index contributed by atoms with van der Waals surface area (Å²) in [5.41, 5.74) is 0. The zero-order valence-electron chi connectivity index (χ0n) is 6.79. The predicted molar refractivity (Wildman–Crippen MR) is 39.2 cm³/mol. The van der Waals surface area contributed by atoms with Crippen molar-refractivity contribution < 1.29 is 14.3 Å². The van der Waals surface area contributed by atoms with Crippen LogP contribution in [0.4, 0.5) is 0 Å². The smallest absolute Gasteiger partial charge is 0.336 e. The predicted octanol–water partition coefficient (Wildman–Crippen LogP) is -0.464. The molecule has 1 saturated heterocycles. The zero-order chi connectivity index (χ0) is 8.27. The topological polar surface area (TPSA) is 47.6 Å². The molecule has 0 aromatic rings. The number of ether oxygens (including phenoxy) is 2. The lowest BCUT2D eigenvalue weighted by atomic mass is 10.2. The first-order valence-electron chi connectivity index (χ1n) is 3.67. The van der Waals surface area contributed by atoms with Gasteiger partial charge in [-0.1, -0.05) is 0 Å². The number of nitrogens with one attached hydrogen (secondary N) is 1. The number of hydrogen-bond donors (Lipinski definition) is 1. The quantitative estimate of drug-likeness (QED) is 0.526. The van der Waals surface area contributed by atoms with E-state index in [2.05, 4.69) is 10.1 Å².